The Labute approximate surface area is 106 Å². The highest BCUT2D eigenvalue weighted by atomic mass is 32.2. The van der Waals surface area contributed by atoms with E-state index in [0.29, 0.717) is 0 Å². The van der Waals surface area contributed by atoms with Gasteiger partial charge in [0.25, 0.3) is 5.91 Å². The molecule has 106 valence electrons. The van der Waals surface area contributed by atoms with Gasteiger partial charge < -0.3 is 9.08 Å². The lowest BCUT2D eigenvalue weighted by atomic mass is 10.3. The number of aromatic nitrogens is 1. The summed E-state index contributed by atoms with van der Waals surface area (Å²) in [5, 5.41) is 0. The summed E-state index contributed by atoms with van der Waals surface area (Å²) in [7, 11) is -2.95. The van der Waals surface area contributed by atoms with E-state index in [-0.39, 0.29) is 5.69 Å². The smallest absolute Gasteiger partial charge is 0.376 e. The first-order valence-corrected chi connectivity index (χ1v) is 6.14. The molecular formula is C9H9F3N2O4S. The van der Waals surface area contributed by atoms with Gasteiger partial charge in [-0.3, -0.25) is 9.78 Å². The molecule has 1 amide bonds. The van der Waals surface area contributed by atoms with Crippen molar-refractivity contribution in [1.29, 1.82) is 0 Å². The Bertz CT molecular complexity index is 583. The average Bonchev–Trinajstić information content (AvgIpc) is 2.26. The van der Waals surface area contributed by atoms with E-state index in [1.165, 1.54) is 14.1 Å². The molecular weight excluding hydrogens is 289 g/mol. The predicted molar refractivity (Wildman–Crippen MR) is 57.9 cm³/mol. The summed E-state index contributed by atoms with van der Waals surface area (Å²) in [6, 6.07) is 1.71. The molecule has 0 radical (unpaired) electrons. The number of pyridine rings is 1. The zero-order valence-corrected chi connectivity index (χ0v) is 10.6. The number of hydrogen-bond acceptors (Lipinski definition) is 5. The Hall–Kier alpha value is -1.84. The number of alkyl halides is 3. The van der Waals surface area contributed by atoms with Crippen molar-refractivity contribution in [2.75, 3.05) is 14.1 Å². The Kier molecular flexibility index (Phi) is 4.03. The number of carbonyl (C=O) groups excluding carboxylic acids is 1. The van der Waals surface area contributed by atoms with E-state index in [4.69, 9.17) is 0 Å². The van der Waals surface area contributed by atoms with Crippen LogP contribution in [0.15, 0.2) is 18.3 Å². The second kappa shape index (κ2) is 5.03. The van der Waals surface area contributed by atoms with Gasteiger partial charge >= 0.3 is 15.6 Å². The molecule has 0 aliphatic heterocycles. The molecule has 0 fully saturated rings. The molecule has 0 unspecified atom stereocenters. The first kappa shape index (κ1) is 15.2. The third-order valence-electron chi connectivity index (χ3n) is 1.85. The summed E-state index contributed by atoms with van der Waals surface area (Å²) < 4.78 is 61.7. The molecule has 1 aromatic heterocycles. The predicted octanol–water partition coefficient (Wildman–Crippen LogP) is 1.01. The lowest BCUT2D eigenvalue weighted by Crippen LogP contribution is -2.28. The van der Waals surface area contributed by atoms with Gasteiger partial charge in [0.1, 0.15) is 11.4 Å². The van der Waals surface area contributed by atoms with E-state index in [1.54, 1.807) is 0 Å². The van der Waals surface area contributed by atoms with Gasteiger partial charge in [-0.1, -0.05) is 0 Å². The van der Waals surface area contributed by atoms with E-state index in [2.05, 4.69) is 9.17 Å². The fourth-order valence-electron chi connectivity index (χ4n) is 0.983. The fourth-order valence-corrected chi connectivity index (χ4v) is 1.43. The molecule has 1 heterocycles. The van der Waals surface area contributed by atoms with Gasteiger partial charge in [0.15, 0.2) is 0 Å². The highest BCUT2D eigenvalue weighted by Crippen LogP contribution is 2.26. The van der Waals surface area contributed by atoms with Crippen LogP contribution in [-0.4, -0.2) is 43.8 Å². The largest absolute Gasteiger partial charge is 0.534 e. The monoisotopic (exact) mass is 298 g/mol. The average molecular weight is 298 g/mol. The van der Waals surface area contributed by atoms with E-state index in [1.807, 2.05) is 0 Å². The third-order valence-corrected chi connectivity index (χ3v) is 2.82. The van der Waals surface area contributed by atoms with Crippen molar-refractivity contribution >= 4 is 16.0 Å². The van der Waals surface area contributed by atoms with Crippen molar-refractivity contribution in [3.63, 3.8) is 0 Å². The van der Waals surface area contributed by atoms with Crippen molar-refractivity contribution < 1.29 is 30.6 Å². The maximum atomic E-state index is 12.1. The van der Waals surface area contributed by atoms with Gasteiger partial charge in [-0.2, -0.15) is 21.6 Å². The number of carbonyl (C=O) groups is 1. The van der Waals surface area contributed by atoms with E-state index < -0.39 is 27.3 Å². The molecule has 19 heavy (non-hydrogen) atoms. The Morgan fingerprint density at radius 3 is 2.42 bits per heavy atom. The van der Waals surface area contributed by atoms with Crippen molar-refractivity contribution in [2.24, 2.45) is 0 Å². The maximum Gasteiger partial charge on any atom is 0.534 e. The van der Waals surface area contributed by atoms with Crippen LogP contribution in [0.4, 0.5) is 13.2 Å². The van der Waals surface area contributed by atoms with Crippen LogP contribution in [0.2, 0.25) is 0 Å². The SMILES string of the molecule is CN(C)C(=O)c1cc(OS(=O)(=O)C(F)(F)F)ccn1. The molecule has 0 N–H and O–H groups in total. The fraction of sp³-hybridized carbons (Fsp3) is 0.333. The number of hydrogen-bond donors (Lipinski definition) is 0. The lowest BCUT2D eigenvalue weighted by molar-refractivity contribution is -0.0500. The molecule has 0 spiro atoms. The third kappa shape index (κ3) is 3.56. The number of amides is 1. The van der Waals surface area contributed by atoms with Gasteiger partial charge in [0, 0.05) is 32.4 Å². The minimum absolute atomic E-state index is 0.236. The molecule has 0 aliphatic rings. The highest BCUT2D eigenvalue weighted by Gasteiger charge is 2.48. The van der Waals surface area contributed by atoms with E-state index >= 15 is 0 Å². The van der Waals surface area contributed by atoms with Gasteiger partial charge in [-0.05, 0) is 0 Å². The van der Waals surface area contributed by atoms with Crippen molar-refractivity contribution in [3.8, 4) is 5.75 Å². The summed E-state index contributed by atoms with van der Waals surface area (Å²) in [6.45, 7) is 0. The molecule has 10 heteroatoms. The van der Waals surface area contributed by atoms with Crippen LogP contribution >= 0.6 is 0 Å². The molecule has 6 nitrogen and oxygen atoms in total. The summed E-state index contributed by atoms with van der Waals surface area (Å²) in [4.78, 5) is 16.2. The van der Waals surface area contributed by atoms with E-state index in [0.717, 1.165) is 23.2 Å². The van der Waals surface area contributed by atoms with Crippen molar-refractivity contribution in [2.45, 2.75) is 5.51 Å². The zero-order chi connectivity index (χ0) is 14.8. The summed E-state index contributed by atoms with van der Waals surface area (Å²) in [6.07, 6.45) is 0.970. The molecule has 0 atom stereocenters. The number of halogens is 3. The second-order valence-electron chi connectivity index (χ2n) is 3.56. The van der Waals surface area contributed by atoms with Crippen molar-refractivity contribution in [3.05, 3.63) is 24.0 Å². The summed E-state index contributed by atoms with van der Waals surface area (Å²) in [5.41, 5.74) is -5.78. The van der Waals surface area contributed by atoms with E-state index in [9.17, 15) is 26.4 Å². The normalized spacial score (nSPS) is 12.1. The highest BCUT2D eigenvalue weighted by molar-refractivity contribution is 7.87. The zero-order valence-electron chi connectivity index (χ0n) is 9.80. The minimum Gasteiger partial charge on any atom is -0.376 e. The van der Waals surface area contributed by atoms with Crippen LogP contribution in [-0.2, 0) is 10.1 Å². The first-order chi connectivity index (χ1) is 8.54. The molecule has 1 aromatic rings. The van der Waals surface area contributed by atoms with Gasteiger partial charge in [0.05, 0.1) is 0 Å². The van der Waals surface area contributed by atoms with Crippen LogP contribution in [0.5, 0.6) is 5.75 Å². The van der Waals surface area contributed by atoms with Gasteiger partial charge in [-0.15, -0.1) is 0 Å². The minimum atomic E-state index is -5.77. The summed E-state index contributed by atoms with van der Waals surface area (Å²) >= 11 is 0. The van der Waals surface area contributed by atoms with Crippen LogP contribution in [0.25, 0.3) is 0 Å². The lowest BCUT2D eigenvalue weighted by Gasteiger charge is -2.11. The van der Waals surface area contributed by atoms with Crippen molar-refractivity contribution in [1.82, 2.24) is 9.88 Å². The summed E-state index contributed by atoms with van der Waals surface area (Å²) in [5.74, 6) is -1.24. The Morgan fingerprint density at radius 2 is 1.95 bits per heavy atom. The second-order valence-corrected chi connectivity index (χ2v) is 5.10. The van der Waals surface area contributed by atoms with Crippen LogP contribution in [0.3, 0.4) is 0 Å². The molecule has 1 rings (SSSR count). The molecule has 0 saturated heterocycles. The molecule has 0 aliphatic carbocycles. The number of rotatable bonds is 3. The standard InChI is InChI=1S/C9H9F3N2O4S/c1-14(2)8(15)7-5-6(3-4-13-7)18-19(16,17)9(10,11)12/h3-5H,1-2H3. The molecule has 0 aromatic carbocycles. The Morgan fingerprint density at radius 1 is 1.37 bits per heavy atom. The maximum absolute atomic E-state index is 12.1. The van der Waals surface area contributed by atoms with Gasteiger partial charge in [-0.25, -0.2) is 0 Å². The quantitative estimate of drug-likeness (QED) is 0.615. The van der Waals surface area contributed by atoms with Crippen LogP contribution in [0, 0.1) is 0 Å². The first-order valence-electron chi connectivity index (χ1n) is 4.73. The Balaban J connectivity index is 3.06. The van der Waals surface area contributed by atoms with Gasteiger partial charge in [0.2, 0.25) is 0 Å². The van der Waals surface area contributed by atoms with Crippen LogP contribution in [0.1, 0.15) is 10.5 Å². The van der Waals surface area contributed by atoms with Crippen LogP contribution < -0.4 is 4.18 Å². The topological polar surface area (TPSA) is 76.6 Å². The molecule has 0 saturated carbocycles. The molecule has 0 bridgehead atoms. The number of nitrogens with zero attached hydrogens (tertiary/aromatic N) is 2.